The fraction of sp³-hybridized carbons (Fsp3) is 0.567. The largest absolute Gasteiger partial charge is 0.664 e. The minimum absolute atomic E-state index is 0.0268. The number of carbonyl (C=O) groups excluding carboxylic acids is 4. The predicted molar refractivity (Wildman–Crippen MR) is 336 cm³/mol. The van der Waals surface area contributed by atoms with Crippen molar-refractivity contribution in [3.63, 3.8) is 0 Å². The third-order valence-electron chi connectivity index (χ3n) is 15.8. The number of benzene rings is 1. The lowest BCUT2D eigenvalue weighted by Gasteiger charge is -2.41. The summed E-state index contributed by atoms with van der Waals surface area (Å²) in [5.74, 6) is -3.45. The molecule has 494 valence electrons. The van der Waals surface area contributed by atoms with Gasteiger partial charge in [0.05, 0.1) is 90.9 Å². The van der Waals surface area contributed by atoms with Crippen LogP contribution in [0, 0.1) is 12.8 Å². The summed E-state index contributed by atoms with van der Waals surface area (Å²) in [6, 6.07) is 12.2. The Labute approximate surface area is 525 Å². The molecule has 0 bridgehead atoms. The van der Waals surface area contributed by atoms with Crippen molar-refractivity contribution in [2.75, 3.05) is 100 Å². The van der Waals surface area contributed by atoms with Crippen LogP contribution in [0.15, 0.2) is 66.4 Å². The van der Waals surface area contributed by atoms with E-state index >= 15 is 8.63 Å². The number of halogens is 2. The molecule has 5 heterocycles. The van der Waals surface area contributed by atoms with E-state index in [2.05, 4.69) is 72.6 Å². The number of amides is 3. The second-order valence-electron chi connectivity index (χ2n) is 25.3. The topological polar surface area (TPSA) is 290 Å². The molecule has 9 N–H and O–H groups in total. The van der Waals surface area contributed by atoms with Crippen LogP contribution in [0.1, 0.15) is 106 Å². The number of carbonyl (C=O) groups is 4. The summed E-state index contributed by atoms with van der Waals surface area (Å²) in [5, 5.41) is 40.3. The lowest BCUT2D eigenvalue weighted by atomic mass is 9.86. The predicted octanol–water partition coefficient (Wildman–Crippen LogP) is 5.21. The van der Waals surface area contributed by atoms with Gasteiger partial charge in [-0.15, -0.1) is 9.06 Å². The molecule has 0 radical (unpaired) electrons. The quantitative estimate of drug-likeness (QED) is 0.00527. The number of aryl methyl sites for hydroxylation is 2. The molecule has 24 nitrogen and oxygen atoms in total. The summed E-state index contributed by atoms with van der Waals surface area (Å²) < 4.78 is 82.2. The highest BCUT2D eigenvalue weighted by Gasteiger charge is 2.57. The molecule has 4 aromatic rings. The third kappa shape index (κ3) is 22.9. The molecule has 2 aliphatic heterocycles. The Morgan fingerprint density at radius 3 is 2.25 bits per heavy atom. The number of H-pyrrole nitrogens is 1. The summed E-state index contributed by atoms with van der Waals surface area (Å²) >= 11 is 0.575. The fourth-order valence-electron chi connectivity index (χ4n) is 11.3. The maximum Gasteiger partial charge on any atom is 0.664 e. The molecule has 0 aliphatic carbocycles. The van der Waals surface area contributed by atoms with Crippen molar-refractivity contribution < 1.29 is 89.0 Å². The van der Waals surface area contributed by atoms with E-state index in [0.717, 1.165) is 53.7 Å². The number of ether oxygens (including phenoxy) is 1. The number of allylic oxidation sites excluding steroid dienone is 1. The Kier molecular flexibility index (Phi) is 26.8. The molecule has 3 aromatic heterocycles. The lowest BCUT2D eigenvalue weighted by molar-refractivity contribution is -0.870. The molecular formula is C60H93BF2N10O14S2+2. The van der Waals surface area contributed by atoms with E-state index in [9.17, 15) is 42.4 Å². The minimum atomic E-state index is -4.33. The van der Waals surface area contributed by atoms with Crippen LogP contribution in [0.4, 0.5) is 8.63 Å². The Morgan fingerprint density at radius 2 is 1.58 bits per heavy atom. The van der Waals surface area contributed by atoms with Gasteiger partial charge in [-0.3, -0.25) is 18.9 Å². The van der Waals surface area contributed by atoms with E-state index in [1.165, 1.54) is 16.6 Å². The molecule has 5 unspecified atom stereocenters. The van der Waals surface area contributed by atoms with E-state index in [1.807, 2.05) is 43.1 Å². The van der Waals surface area contributed by atoms with Crippen molar-refractivity contribution >= 4 is 65.0 Å². The molecule has 0 saturated carbocycles. The van der Waals surface area contributed by atoms with Crippen LogP contribution in [0.25, 0.3) is 23.5 Å². The van der Waals surface area contributed by atoms with Gasteiger partial charge in [0, 0.05) is 92.0 Å². The zero-order valence-corrected chi connectivity index (χ0v) is 54.2. The average Bonchev–Trinajstić information content (AvgIpc) is 1.60. The van der Waals surface area contributed by atoms with Gasteiger partial charge in [-0.2, -0.15) is 8.42 Å². The normalized spacial score (nSPS) is 17.3. The fourth-order valence-corrected chi connectivity index (χ4v) is 12.3. The monoisotopic (exact) mass is 1290 g/mol. The number of unbranched alkanes of at least 4 members (excludes halogenated alkanes) is 3. The molecule has 0 spiro atoms. The zero-order chi connectivity index (χ0) is 65.1. The van der Waals surface area contributed by atoms with E-state index in [0.29, 0.717) is 108 Å². The number of hydrogen-bond acceptors (Lipinski definition) is 15. The van der Waals surface area contributed by atoms with Crippen molar-refractivity contribution in [1.29, 1.82) is 0 Å². The van der Waals surface area contributed by atoms with Gasteiger partial charge in [0.15, 0.2) is 0 Å². The maximum absolute atomic E-state index is 17.6. The van der Waals surface area contributed by atoms with Crippen molar-refractivity contribution in [1.82, 2.24) is 35.0 Å². The van der Waals surface area contributed by atoms with Crippen molar-refractivity contribution in [2.45, 2.75) is 115 Å². The smallest absolute Gasteiger partial charge is 0.494 e. The van der Waals surface area contributed by atoms with Gasteiger partial charge in [0.25, 0.3) is 10.1 Å². The number of quaternary nitrogens is 3. The van der Waals surface area contributed by atoms with Crippen LogP contribution in [-0.2, 0) is 45.1 Å². The first kappa shape index (κ1) is 71.8. The average molecular weight is 1290 g/mol. The van der Waals surface area contributed by atoms with Gasteiger partial charge in [-0.05, 0) is 126 Å². The Bertz CT molecular complexity index is 3130. The first-order chi connectivity index (χ1) is 42.0. The van der Waals surface area contributed by atoms with Gasteiger partial charge >= 0.3 is 12.9 Å². The third-order valence-corrected chi connectivity index (χ3v) is 17.2. The Balaban J connectivity index is 1.02. The van der Waals surface area contributed by atoms with Crippen molar-refractivity contribution in [2.24, 2.45) is 5.92 Å². The number of nitrogens with zero attached hydrogens (tertiary/aromatic N) is 5. The molecule has 3 amide bonds. The molecule has 1 saturated heterocycles. The molecule has 1 fully saturated rings. The second-order valence-corrected chi connectivity index (χ2v) is 27.6. The van der Waals surface area contributed by atoms with Crippen LogP contribution < -0.4 is 30.3 Å². The number of fused-ring (bicyclic) bond motifs is 2. The van der Waals surface area contributed by atoms with E-state index < -0.39 is 76.4 Å². The van der Waals surface area contributed by atoms with Crippen molar-refractivity contribution in [3.05, 3.63) is 88.9 Å². The minimum Gasteiger partial charge on any atom is -0.494 e. The van der Waals surface area contributed by atoms with Gasteiger partial charge in [0.2, 0.25) is 29.5 Å². The number of likely N-dealkylation sites (N-methyl/N-ethyl adjacent to an activating group) is 1. The number of rotatable bonds is 39. The summed E-state index contributed by atoms with van der Waals surface area (Å²) in [6.07, 6.45) is 11.6. The van der Waals surface area contributed by atoms with E-state index in [1.54, 1.807) is 36.4 Å². The summed E-state index contributed by atoms with van der Waals surface area (Å²) in [7, 11) is 10.1. The summed E-state index contributed by atoms with van der Waals surface area (Å²) in [4.78, 5) is 63.3. The highest BCUT2D eigenvalue weighted by Crippen LogP contribution is 2.38. The lowest BCUT2D eigenvalue weighted by Crippen LogP contribution is -3.23. The number of hydrogen-bond donors (Lipinski definition) is 9. The molecule has 89 heavy (non-hydrogen) atoms. The summed E-state index contributed by atoms with van der Waals surface area (Å²) in [5.41, 5.74) is 4.39. The van der Waals surface area contributed by atoms with Gasteiger partial charge in [-0.1, -0.05) is 29.7 Å². The van der Waals surface area contributed by atoms with Crippen LogP contribution in [0.2, 0.25) is 0 Å². The maximum atomic E-state index is 17.6. The second kappa shape index (κ2) is 33.2. The molecule has 6 rings (SSSR count). The summed E-state index contributed by atoms with van der Waals surface area (Å²) in [6.45, 7) is 0.799. The Hall–Kier alpha value is -6.28. The van der Waals surface area contributed by atoms with Crippen LogP contribution in [-0.4, -0.2) is 205 Å². The molecular weight excluding hydrogens is 1200 g/mol. The zero-order valence-electron chi connectivity index (χ0n) is 52.6. The van der Waals surface area contributed by atoms with Crippen LogP contribution in [0.5, 0.6) is 17.5 Å². The highest BCUT2D eigenvalue weighted by atomic mass is 32.2. The van der Waals surface area contributed by atoms with E-state index in [-0.39, 0.29) is 55.3 Å². The highest BCUT2D eigenvalue weighted by molar-refractivity contribution is 7.94. The first-order valence-electron chi connectivity index (χ1n) is 30.5. The number of aromatic hydroxyl groups is 2. The van der Waals surface area contributed by atoms with Gasteiger partial charge in [0.1, 0.15) is 17.8 Å². The molecule has 29 heteroatoms. The molecule has 1 aromatic carbocycles. The first-order valence-corrected chi connectivity index (χ1v) is 33.0. The van der Waals surface area contributed by atoms with Crippen molar-refractivity contribution in [3.8, 4) is 28.9 Å². The van der Waals surface area contributed by atoms with Gasteiger partial charge in [-0.25, -0.2) is 10.1 Å². The number of aromatic amines is 1. The van der Waals surface area contributed by atoms with Crippen LogP contribution in [0.3, 0.4) is 0 Å². The Morgan fingerprint density at radius 1 is 0.876 bits per heavy atom. The van der Waals surface area contributed by atoms with E-state index in [4.69, 9.17) is 14.8 Å². The SMILES string of the molecule is Cc1ccc(-c2cc(CCC[N+](C)(C)C)c3n2[B-](F)(F)[NH+]2C(=C3)C(CCCS(=O)(=O)O)CC2C=Cc2ccc(OCCCC(=O)NC(CSOOO)C(=O)NC(CCCC[N+](C)(C)C)C(=O)NCCN(C)CCCCCC(=O)On3c(O)ccc3O)cc2)[nH]1. The standard InChI is InChI=1S/C60H91BF2N10O14S2/c1-43-22-29-49(65-43)54-40-46(17-14-36-73(6,7)8)53-41-52-45(18-16-38-89(81,82)83)39-47(69(52)61(62,63)70(53)54)26-23-44-24-27-48(28-25-44)84-37-15-20-55(74)66-51(42-88-87-86-80)60(79)67-50(19-11-13-35-72(3,4)5)59(78)64-32-34-68(2)33-12-9-10-21-58(77)85-71-56(75)30-31-57(71)76/h22-31,40-41,45,47,50-51,65,69H,9-21,32-39,42H2,1-8H3,(H5-2,64,66,67,74,75,76,78,79,80,81,82,83)/p+2. The number of aromatic nitrogens is 3. The molecule has 2 aliphatic rings. The number of nitrogens with one attached hydrogen (secondary N) is 5. The van der Waals surface area contributed by atoms with Gasteiger partial charge < -0.3 is 72.5 Å². The van der Waals surface area contributed by atoms with Crippen LogP contribution >= 0.6 is 12.0 Å². The molecule has 5 atom stereocenters.